The van der Waals surface area contributed by atoms with Crippen LogP contribution < -0.4 is 10.2 Å². The highest BCUT2D eigenvalue weighted by atomic mass is 16.1. The molecule has 0 bridgehead atoms. The first kappa shape index (κ1) is 18.1. The number of rotatable bonds is 5. The molecule has 0 aliphatic carbocycles. The fourth-order valence-electron chi connectivity index (χ4n) is 3.49. The van der Waals surface area contributed by atoms with E-state index in [1.165, 1.54) is 6.33 Å². The van der Waals surface area contributed by atoms with E-state index in [0.717, 1.165) is 49.4 Å². The summed E-state index contributed by atoms with van der Waals surface area (Å²) in [5, 5.41) is 15.7. The topological polar surface area (TPSA) is 88.8 Å². The molecule has 0 atom stereocenters. The second kappa shape index (κ2) is 8.16. The summed E-state index contributed by atoms with van der Waals surface area (Å²) in [5.74, 6) is 1.57. The molecule has 1 aliphatic rings. The first-order valence-corrected chi connectivity index (χ1v) is 9.57. The quantitative estimate of drug-likeness (QED) is 0.735. The number of hydrogen-bond acceptors (Lipinski definition) is 6. The van der Waals surface area contributed by atoms with Crippen LogP contribution in [-0.4, -0.2) is 44.0 Å². The van der Waals surface area contributed by atoms with Crippen LogP contribution in [0.1, 0.15) is 25.3 Å². The zero-order valence-electron chi connectivity index (χ0n) is 15.8. The van der Waals surface area contributed by atoms with Gasteiger partial charge in [-0.15, -0.1) is 10.2 Å². The number of amides is 1. The molecule has 4 rings (SSSR count). The molecule has 28 heavy (non-hydrogen) atoms. The van der Waals surface area contributed by atoms with E-state index in [2.05, 4.69) is 43.5 Å². The van der Waals surface area contributed by atoms with Gasteiger partial charge in [-0.1, -0.05) is 25.1 Å². The number of nitrogens with zero attached hydrogens (tertiary/aromatic N) is 6. The van der Waals surface area contributed by atoms with E-state index in [0.29, 0.717) is 5.82 Å². The summed E-state index contributed by atoms with van der Waals surface area (Å²) in [6.07, 6.45) is 5.55. The lowest BCUT2D eigenvalue weighted by Gasteiger charge is -2.32. The number of carbonyl (C=O) groups excluding carboxylic acids is 1. The molecule has 0 unspecified atom stereocenters. The van der Waals surface area contributed by atoms with Gasteiger partial charge in [0, 0.05) is 24.7 Å². The van der Waals surface area contributed by atoms with Crippen molar-refractivity contribution in [2.75, 3.05) is 23.3 Å². The third-order valence-electron chi connectivity index (χ3n) is 5.14. The Morgan fingerprint density at radius 2 is 1.86 bits per heavy atom. The highest BCUT2D eigenvalue weighted by Crippen LogP contribution is 2.24. The van der Waals surface area contributed by atoms with Crippen molar-refractivity contribution in [3.05, 3.63) is 54.6 Å². The normalized spacial score (nSPS) is 14.8. The minimum atomic E-state index is 0.0172. The Bertz CT molecular complexity index is 916. The summed E-state index contributed by atoms with van der Waals surface area (Å²) in [6, 6.07) is 11.8. The summed E-state index contributed by atoms with van der Waals surface area (Å²) >= 11 is 0. The molecule has 0 radical (unpaired) electrons. The van der Waals surface area contributed by atoms with Crippen LogP contribution in [0.2, 0.25) is 0 Å². The molecule has 144 valence electrons. The molecule has 0 spiro atoms. The predicted octanol–water partition coefficient (Wildman–Crippen LogP) is 2.47. The van der Waals surface area contributed by atoms with Crippen molar-refractivity contribution in [2.24, 2.45) is 5.92 Å². The van der Waals surface area contributed by atoms with Gasteiger partial charge in [-0.2, -0.15) is 5.10 Å². The Labute approximate surface area is 163 Å². The lowest BCUT2D eigenvalue weighted by atomic mass is 9.95. The fourth-order valence-corrected chi connectivity index (χ4v) is 3.49. The van der Waals surface area contributed by atoms with E-state index in [1.54, 1.807) is 11.0 Å². The number of carbonyl (C=O) groups is 1. The van der Waals surface area contributed by atoms with Crippen molar-refractivity contribution >= 4 is 17.4 Å². The number of anilines is 2. The van der Waals surface area contributed by atoms with Crippen LogP contribution in [0.3, 0.4) is 0 Å². The molecule has 2 aromatic heterocycles. The van der Waals surface area contributed by atoms with Crippen LogP contribution in [0.4, 0.5) is 11.5 Å². The third-order valence-corrected chi connectivity index (χ3v) is 5.14. The SMILES string of the molecule is CCc1ccccc1NC(=O)C1CCN(c2ccc(-n3cncn3)nn2)CC1. The number of aromatic nitrogens is 5. The van der Waals surface area contributed by atoms with Gasteiger partial charge < -0.3 is 10.2 Å². The molecule has 1 amide bonds. The van der Waals surface area contributed by atoms with Crippen LogP contribution in [0, 0.1) is 5.92 Å². The average Bonchev–Trinajstić information content (AvgIpc) is 3.29. The van der Waals surface area contributed by atoms with Crippen LogP contribution >= 0.6 is 0 Å². The Morgan fingerprint density at radius 3 is 2.54 bits per heavy atom. The van der Waals surface area contributed by atoms with Gasteiger partial charge in [0.25, 0.3) is 0 Å². The zero-order valence-corrected chi connectivity index (χ0v) is 15.8. The predicted molar refractivity (Wildman–Crippen MR) is 106 cm³/mol. The second-order valence-corrected chi connectivity index (χ2v) is 6.85. The summed E-state index contributed by atoms with van der Waals surface area (Å²) < 4.78 is 1.57. The fraction of sp³-hybridized carbons (Fsp3) is 0.350. The Kier molecular flexibility index (Phi) is 5.27. The number of para-hydroxylation sites is 1. The summed E-state index contributed by atoms with van der Waals surface area (Å²) in [7, 11) is 0. The van der Waals surface area contributed by atoms with Gasteiger partial charge in [0.15, 0.2) is 11.6 Å². The monoisotopic (exact) mass is 377 g/mol. The van der Waals surface area contributed by atoms with Crippen LogP contribution in [0.5, 0.6) is 0 Å². The van der Waals surface area contributed by atoms with Crippen LogP contribution in [-0.2, 0) is 11.2 Å². The minimum absolute atomic E-state index is 0.0172. The molecule has 1 aliphatic heterocycles. The minimum Gasteiger partial charge on any atom is -0.355 e. The number of piperidine rings is 1. The van der Waals surface area contributed by atoms with Gasteiger partial charge in [0.05, 0.1) is 0 Å². The van der Waals surface area contributed by atoms with Gasteiger partial charge in [-0.25, -0.2) is 9.67 Å². The first-order valence-electron chi connectivity index (χ1n) is 9.57. The van der Waals surface area contributed by atoms with Gasteiger partial charge >= 0.3 is 0 Å². The second-order valence-electron chi connectivity index (χ2n) is 6.85. The summed E-state index contributed by atoms with van der Waals surface area (Å²) in [4.78, 5) is 18.8. The van der Waals surface area contributed by atoms with Crippen LogP contribution in [0.15, 0.2) is 49.1 Å². The van der Waals surface area contributed by atoms with Gasteiger partial charge in [-0.05, 0) is 43.0 Å². The standard InChI is InChI=1S/C20H23N7O/c1-2-15-5-3-4-6-17(15)23-20(28)16-9-11-26(12-10-16)18-7-8-19(25-24-18)27-14-21-13-22-27/h3-8,13-14,16H,2,9-12H2,1H3,(H,23,28). The molecule has 1 N–H and O–H groups in total. The molecule has 1 fully saturated rings. The average molecular weight is 377 g/mol. The Balaban J connectivity index is 1.34. The Hall–Kier alpha value is -3.29. The van der Waals surface area contributed by atoms with Gasteiger partial charge in [-0.3, -0.25) is 4.79 Å². The van der Waals surface area contributed by atoms with Crippen LogP contribution in [0.25, 0.3) is 5.82 Å². The van der Waals surface area contributed by atoms with Gasteiger partial charge in [0.1, 0.15) is 12.7 Å². The van der Waals surface area contributed by atoms with E-state index in [9.17, 15) is 4.79 Å². The molecular weight excluding hydrogens is 354 g/mol. The molecule has 8 heteroatoms. The van der Waals surface area contributed by atoms with E-state index < -0.39 is 0 Å². The number of aryl methyl sites for hydroxylation is 1. The molecule has 8 nitrogen and oxygen atoms in total. The van der Waals surface area contributed by atoms with Gasteiger partial charge in [0.2, 0.25) is 5.91 Å². The van der Waals surface area contributed by atoms with Crippen molar-refractivity contribution in [2.45, 2.75) is 26.2 Å². The largest absolute Gasteiger partial charge is 0.355 e. The number of nitrogens with one attached hydrogen (secondary N) is 1. The van der Waals surface area contributed by atoms with Crippen molar-refractivity contribution < 1.29 is 4.79 Å². The van der Waals surface area contributed by atoms with E-state index >= 15 is 0 Å². The zero-order chi connectivity index (χ0) is 19.3. The van der Waals surface area contributed by atoms with Crippen molar-refractivity contribution in [1.29, 1.82) is 0 Å². The highest BCUT2D eigenvalue weighted by Gasteiger charge is 2.26. The number of benzene rings is 1. The van der Waals surface area contributed by atoms with Crippen molar-refractivity contribution in [3.63, 3.8) is 0 Å². The Morgan fingerprint density at radius 1 is 1.11 bits per heavy atom. The maximum absolute atomic E-state index is 12.7. The molecule has 0 saturated carbocycles. The van der Waals surface area contributed by atoms with E-state index in [1.807, 2.05) is 30.3 Å². The number of hydrogen-bond donors (Lipinski definition) is 1. The molecule has 1 saturated heterocycles. The molecule has 3 aromatic rings. The first-order chi connectivity index (χ1) is 13.7. The van der Waals surface area contributed by atoms with Crippen molar-refractivity contribution in [3.8, 4) is 5.82 Å². The molecule has 1 aromatic carbocycles. The maximum atomic E-state index is 12.7. The van der Waals surface area contributed by atoms with Crippen molar-refractivity contribution in [1.82, 2.24) is 25.0 Å². The lowest BCUT2D eigenvalue weighted by molar-refractivity contribution is -0.120. The maximum Gasteiger partial charge on any atom is 0.227 e. The third kappa shape index (κ3) is 3.85. The molecule has 3 heterocycles. The highest BCUT2D eigenvalue weighted by molar-refractivity contribution is 5.93. The smallest absolute Gasteiger partial charge is 0.227 e. The lowest BCUT2D eigenvalue weighted by Crippen LogP contribution is -2.38. The summed E-state index contributed by atoms with van der Waals surface area (Å²) in [5.41, 5.74) is 2.09. The summed E-state index contributed by atoms with van der Waals surface area (Å²) in [6.45, 7) is 3.66. The van der Waals surface area contributed by atoms with E-state index in [-0.39, 0.29) is 11.8 Å². The molecular formula is C20H23N7O. The van der Waals surface area contributed by atoms with E-state index in [4.69, 9.17) is 0 Å².